The third kappa shape index (κ3) is 4.95. The van der Waals surface area contributed by atoms with Crippen LogP contribution in [0.1, 0.15) is 41.6 Å². The first kappa shape index (κ1) is 16.7. The van der Waals surface area contributed by atoms with Gasteiger partial charge in [0.1, 0.15) is 5.76 Å². The van der Waals surface area contributed by atoms with E-state index in [4.69, 9.17) is 9.52 Å². The number of hydrogen-bond acceptors (Lipinski definition) is 4. The molecule has 122 valence electrons. The minimum absolute atomic E-state index is 0.0540. The molecule has 0 aliphatic rings. The SMILES string of the molecule is CCN(Cc1ccco1)C(=O)CCCc1cc(C(=O)O)ccn1. The van der Waals surface area contributed by atoms with Crippen molar-refractivity contribution in [2.75, 3.05) is 6.54 Å². The van der Waals surface area contributed by atoms with Crippen molar-refractivity contribution in [1.82, 2.24) is 9.88 Å². The smallest absolute Gasteiger partial charge is 0.335 e. The number of pyridine rings is 1. The van der Waals surface area contributed by atoms with Crippen LogP contribution in [0.5, 0.6) is 0 Å². The standard InChI is InChI=1S/C17H20N2O4/c1-2-19(12-15-6-4-10-23-15)16(20)7-3-5-14-11-13(17(21)22)8-9-18-14/h4,6,8-11H,2-3,5,7,12H2,1H3,(H,21,22). The fraction of sp³-hybridized carbons (Fsp3) is 0.353. The van der Waals surface area contributed by atoms with Gasteiger partial charge in [0, 0.05) is 24.9 Å². The van der Waals surface area contributed by atoms with E-state index < -0.39 is 5.97 Å². The van der Waals surface area contributed by atoms with Gasteiger partial charge in [-0.25, -0.2) is 4.79 Å². The van der Waals surface area contributed by atoms with Gasteiger partial charge >= 0.3 is 5.97 Å². The molecular formula is C17H20N2O4. The van der Waals surface area contributed by atoms with Crippen molar-refractivity contribution in [1.29, 1.82) is 0 Å². The Morgan fingerprint density at radius 3 is 2.83 bits per heavy atom. The van der Waals surface area contributed by atoms with Crippen molar-refractivity contribution in [2.45, 2.75) is 32.7 Å². The average Bonchev–Trinajstić information content (AvgIpc) is 3.05. The van der Waals surface area contributed by atoms with Gasteiger partial charge in [-0.1, -0.05) is 0 Å². The van der Waals surface area contributed by atoms with Crippen LogP contribution in [-0.4, -0.2) is 33.4 Å². The summed E-state index contributed by atoms with van der Waals surface area (Å²) >= 11 is 0. The van der Waals surface area contributed by atoms with Crippen molar-refractivity contribution in [3.05, 3.63) is 53.7 Å². The Bertz CT molecular complexity index is 652. The predicted molar refractivity (Wildman–Crippen MR) is 83.9 cm³/mol. The zero-order chi connectivity index (χ0) is 16.7. The molecule has 2 aromatic rings. The van der Waals surface area contributed by atoms with Crippen LogP contribution in [0.25, 0.3) is 0 Å². The summed E-state index contributed by atoms with van der Waals surface area (Å²) in [6.45, 7) is 3.01. The van der Waals surface area contributed by atoms with Crippen LogP contribution in [0.4, 0.5) is 0 Å². The largest absolute Gasteiger partial charge is 0.478 e. The van der Waals surface area contributed by atoms with Gasteiger partial charge in [0.2, 0.25) is 5.91 Å². The molecule has 0 aliphatic heterocycles. The second-order valence-corrected chi connectivity index (χ2v) is 5.18. The van der Waals surface area contributed by atoms with Crippen molar-refractivity contribution in [3.63, 3.8) is 0 Å². The summed E-state index contributed by atoms with van der Waals surface area (Å²) < 4.78 is 5.27. The number of carboxylic acids is 1. The number of carbonyl (C=O) groups excluding carboxylic acids is 1. The number of carbonyl (C=O) groups is 2. The highest BCUT2D eigenvalue weighted by molar-refractivity contribution is 5.87. The summed E-state index contributed by atoms with van der Waals surface area (Å²) in [5, 5.41) is 8.95. The topological polar surface area (TPSA) is 83.6 Å². The van der Waals surface area contributed by atoms with Crippen molar-refractivity contribution in [2.24, 2.45) is 0 Å². The lowest BCUT2D eigenvalue weighted by atomic mass is 10.1. The first-order valence-corrected chi connectivity index (χ1v) is 7.58. The molecule has 0 saturated carbocycles. The fourth-order valence-corrected chi connectivity index (χ4v) is 2.29. The molecule has 1 amide bonds. The van der Waals surface area contributed by atoms with Gasteiger partial charge in [0.25, 0.3) is 0 Å². The highest BCUT2D eigenvalue weighted by atomic mass is 16.4. The van der Waals surface area contributed by atoms with E-state index in [1.807, 2.05) is 13.0 Å². The monoisotopic (exact) mass is 316 g/mol. The molecule has 0 atom stereocenters. The highest BCUT2D eigenvalue weighted by Gasteiger charge is 2.13. The lowest BCUT2D eigenvalue weighted by Gasteiger charge is -2.19. The van der Waals surface area contributed by atoms with Gasteiger partial charge in [-0.05, 0) is 44.0 Å². The molecule has 2 heterocycles. The van der Waals surface area contributed by atoms with Gasteiger partial charge in [-0.3, -0.25) is 9.78 Å². The number of aryl methyl sites for hydroxylation is 1. The van der Waals surface area contributed by atoms with Crippen molar-refractivity contribution >= 4 is 11.9 Å². The number of aromatic nitrogens is 1. The van der Waals surface area contributed by atoms with E-state index in [0.717, 1.165) is 5.76 Å². The van der Waals surface area contributed by atoms with Crippen LogP contribution in [0, 0.1) is 0 Å². The summed E-state index contributed by atoms with van der Waals surface area (Å²) in [5.74, 6) is -0.158. The van der Waals surface area contributed by atoms with E-state index in [-0.39, 0.29) is 11.5 Å². The Kier molecular flexibility index (Phi) is 5.91. The first-order valence-electron chi connectivity index (χ1n) is 7.58. The van der Waals surface area contributed by atoms with E-state index in [1.165, 1.54) is 12.3 Å². The van der Waals surface area contributed by atoms with Gasteiger partial charge in [-0.2, -0.15) is 0 Å². The molecule has 6 heteroatoms. The van der Waals surface area contributed by atoms with E-state index in [1.54, 1.807) is 23.3 Å². The van der Waals surface area contributed by atoms with Crippen LogP contribution in [-0.2, 0) is 17.8 Å². The molecule has 0 unspecified atom stereocenters. The molecule has 0 spiro atoms. The fourth-order valence-electron chi connectivity index (χ4n) is 2.29. The Morgan fingerprint density at radius 1 is 1.35 bits per heavy atom. The maximum absolute atomic E-state index is 12.2. The molecule has 0 saturated heterocycles. The number of nitrogens with zero attached hydrogens (tertiary/aromatic N) is 2. The lowest BCUT2D eigenvalue weighted by molar-refractivity contribution is -0.131. The summed E-state index contributed by atoms with van der Waals surface area (Å²) in [5.41, 5.74) is 0.904. The molecule has 1 N–H and O–H groups in total. The minimum Gasteiger partial charge on any atom is -0.478 e. The normalized spacial score (nSPS) is 10.5. The average molecular weight is 316 g/mol. The quantitative estimate of drug-likeness (QED) is 0.809. The maximum Gasteiger partial charge on any atom is 0.335 e. The first-order chi connectivity index (χ1) is 11.1. The summed E-state index contributed by atoms with van der Waals surface area (Å²) in [6.07, 6.45) is 4.67. The molecule has 2 aromatic heterocycles. The molecule has 0 bridgehead atoms. The number of rotatable bonds is 8. The van der Waals surface area contributed by atoms with Crippen LogP contribution in [0.2, 0.25) is 0 Å². The third-order valence-electron chi connectivity index (χ3n) is 3.55. The van der Waals surface area contributed by atoms with E-state index in [2.05, 4.69) is 4.98 Å². The Morgan fingerprint density at radius 2 is 2.17 bits per heavy atom. The van der Waals surface area contributed by atoms with Gasteiger partial charge in [0.05, 0.1) is 18.4 Å². The zero-order valence-electron chi connectivity index (χ0n) is 13.1. The molecule has 0 radical (unpaired) electrons. The lowest BCUT2D eigenvalue weighted by Crippen LogP contribution is -2.30. The maximum atomic E-state index is 12.2. The van der Waals surface area contributed by atoms with Crippen molar-refractivity contribution < 1.29 is 19.1 Å². The number of hydrogen-bond donors (Lipinski definition) is 1. The van der Waals surface area contributed by atoms with Crippen LogP contribution < -0.4 is 0 Å². The highest BCUT2D eigenvalue weighted by Crippen LogP contribution is 2.10. The van der Waals surface area contributed by atoms with E-state index in [9.17, 15) is 9.59 Å². The van der Waals surface area contributed by atoms with Crippen LogP contribution in [0.15, 0.2) is 41.1 Å². The minimum atomic E-state index is -0.972. The zero-order valence-corrected chi connectivity index (χ0v) is 13.1. The number of carboxylic acid groups (broad SMARTS) is 1. The molecule has 23 heavy (non-hydrogen) atoms. The molecule has 6 nitrogen and oxygen atoms in total. The van der Waals surface area contributed by atoms with Crippen LogP contribution >= 0.6 is 0 Å². The Hall–Kier alpha value is -2.63. The molecule has 0 aromatic carbocycles. The van der Waals surface area contributed by atoms with Gasteiger partial charge < -0.3 is 14.4 Å². The van der Waals surface area contributed by atoms with Crippen LogP contribution in [0.3, 0.4) is 0 Å². The van der Waals surface area contributed by atoms with E-state index in [0.29, 0.717) is 38.0 Å². The second kappa shape index (κ2) is 8.12. The van der Waals surface area contributed by atoms with E-state index >= 15 is 0 Å². The Balaban J connectivity index is 1.83. The summed E-state index contributed by atoms with van der Waals surface area (Å²) in [7, 11) is 0. The van der Waals surface area contributed by atoms with Gasteiger partial charge in [0.15, 0.2) is 0 Å². The second-order valence-electron chi connectivity index (χ2n) is 5.18. The summed E-state index contributed by atoms with van der Waals surface area (Å²) in [4.78, 5) is 29.0. The third-order valence-corrected chi connectivity index (χ3v) is 3.55. The molecule has 0 fully saturated rings. The molecule has 0 aliphatic carbocycles. The van der Waals surface area contributed by atoms with Gasteiger partial charge in [-0.15, -0.1) is 0 Å². The summed E-state index contributed by atoms with van der Waals surface area (Å²) in [6, 6.07) is 6.65. The molecule has 2 rings (SSSR count). The molecular weight excluding hydrogens is 296 g/mol. The number of furan rings is 1. The Labute approximate surface area is 134 Å². The van der Waals surface area contributed by atoms with Crippen molar-refractivity contribution in [3.8, 4) is 0 Å². The predicted octanol–water partition coefficient (Wildman–Crippen LogP) is 2.74. The number of amides is 1. The number of aromatic carboxylic acids is 1.